The zero-order valence-electron chi connectivity index (χ0n) is 17.6. The highest BCUT2D eigenvalue weighted by molar-refractivity contribution is 6.30. The lowest BCUT2D eigenvalue weighted by Gasteiger charge is -2.27. The molecule has 2 amide bonds. The van der Waals surface area contributed by atoms with Crippen molar-refractivity contribution in [1.29, 1.82) is 0 Å². The number of hydrogen-bond acceptors (Lipinski definition) is 5. The molecule has 170 valence electrons. The summed E-state index contributed by atoms with van der Waals surface area (Å²) in [6, 6.07) is 11.5. The molecule has 0 aliphatic carbocycles. The summed E-state index contributed by atoms with van der Waals surface area (Å²) < 4.78 is 15.7. The molecule has 3 aromatic rings. The fraction of sp³-hybridized carbons (Fsp3) is 0.318. The van der Waals surface area contributed by atoms with Crippen LogP contribution in [0.1, 0.15) is 23.0 Å². The lowest BCUT2D eigenvalue weighted by molar-refractivity contribution is -0.123. The van der Waals surface area contributed by atoms with Crippen molar-refractivity contribution in [2.24, 2.45) is 5.73 Å². The molecule has 0 radical (unpaired) electrons. The SMILES string of the molecule is C[C@H](CO)N(CCn1nc(C(N)=O)c2ccccc21)CC(=O)NCc1cccc(Cl)c1F. The van der Waals surface area contributed by atoms with Gasteiger partial charge >= 0.3 is 0 Å². The summed E-state index contributed by atoms with van der Waals surface area (Å²) in [5, 5.41) is 17.3. The smallest absolute Gasteiger partial charge is 0.269 e. The molecule has 0 aliphatic heterocycles. The van der Waals surface area contributed by atoms with Crippen molar-refractivity contribution in [2.45, 2.75) is 26.1 Å². The number of primary amides is 1. The van der Waals surface area contributed by atoms with E-state index in [1.54, 1.807) is 40.8 Å². The van der Waals surface area contributed by atoms with Crippen LogP contribution < -0.4 is 11.1 Å². The van der Waals surface area contributed by atoms with E-state index in [1.807, 2.05) is 12.1 Å². The molecule has 0 unspecified atom stereocenters. The molecule has 0 spiro atoms. The van der Waals surface area contributed by atoms with Crippen molar-refractivity contribution >= 4 is 34.3 Å². The molecule has 0 fully saturated rings. The Kier molecular flexibility index (Phi) is 7.79. The molecule has 4 N–H and O–H groups in total. The summed E-state index contributed by atoms with van der Waals surface area (Å²) in [5.41, 5.74) is 6.66. The predicted octanol–water partition coefficient (Wildman–Crippen LogP) is 1.93. The topological polar surface area (TPSA) is 113 Å². The minimum atomic E-state index is -0.617. The summed E-state index contributed by atoms with van der Waals surface area (Å²) in [5.74, 6) is -1.51. The average Bonchev–Trinajstić information content (AvgIpc) is 3.16. The molecular formula is C22H25ClFN5O3. The summed E-state index contributed by atoms with van der Waals surface area (Å²) >= 11 is 5.78. The van der Waals surface area contributed by atoms with Crippen LogP contribution in [0.25, 0.3) is 10.9 Å². The van der Waals surface area contributed by atoms with Crippen LogP contribution in [0.2, 0.25) is 5.02 Å². The second-order valence-electron chi connectivity index (χ2n) is 7.44. The van der Waals surface area contributed by atoms with Crippen molar-refractivity contribution in [3.63, 3.8) is 0 Å². The van der Waals surface area contributed by atoms with Crippen LogP contribution >= 0.6 is 11.6 Å². The van der Waals surface area contributed by atoms with Gasteiger partial charge in [-0.3, -0.25) is 19.2 Å². The Morgan fingerprint density at radius 1 is 1.28 bits per heavy atom. The zero-order chi connectivity index (χ0) is 23.3. The first-order valence-electron chi connectivity index (χ1n) is 10.1. The van der Waals surface area contributed by atoms with E-state index >= 15 is 0 Å². The van der Waals surface area contributed by atoms with Crippen LogP contribution in [0, 0.1) is 5.82 Å². The van der Waals surface area contributed by atoms with Crippen LogP contribution in [0.5, 0.6) is 0 Å². The van der Waals surface area contributed by atoms with Gasteiger partial charge in [-0.2, -0.15) is 5.10 Å². The fourth-order valence-corrected chi connectivity index (χ4v) is 3.59. The van der Waals surface area contributed by atoms with Gasteiger partial charge in [0.25, 0.3) is 5.91 Å². The highest BCUT2D eigenvalue weighted by Gasteiger charge is 2.19. The number of para-hydroxylation sites is 1. The molecule has 1 heterocycles. The first-order chi connectivity index (χ1) is 15.3. The number of amides is 2. The summed E-state index contributed by atoms with van der Waals surface area (Å²) in [6.45, 7) is 2.38. The van der Waals surface area contributed by atoms with Crippen LogP contribution in [0.3, 0.4) is 0 Å². The number of fused-ring (bicyclic) bond motifs is 1. The largest absolute Gasteiger partial charge is 0.395 e. The van der Waals surface area contributed by atoms with Gasteiger partial charge in [0.05, 0.1) is 30.2 Å². The molecule has 10 heteroatoms. The van der Waals surface area contributed by atoms with Crippen LogP contribution in [-0.2, 0) is 17.9 Å². The molecule has 0 aliphatic rings. The Morgan fingerprint density at radius 3 is 2.75 bits per heavy atom. The van der Waals surface area contributed by atoms with Gasteiger partial charge in [0, 0.05) is 30.1 Å². The molecule has 0 saturated heterocycles. The minimum absolute atomic E-state index is 0.00165. The number of aromatic nitrogens is 2. The summed E-state index contributed by atoms with van der Waals surface area (Å²) in [7, 11) is 0. The maximum absolute atomic E-state index is 14.0. The van der Waals surface area contributed by atoms with Crippen molar-refractivity contribution in [2.75, 3.05) is 19.7 Å². The average molecular weight is 462 g/mol. The first-order valence-corrected chi connectivity index (χ1v) is 10.5. The molecule has 1 aromatic heterocycles. The Labute approximate surface area is 189 Å². The maximum Gasteiger partial charge on any atom is 0.269 e. The molecule has 0 saturated carbocycles. The maximum atomic E-state index is 14.0. The normalized spacial score (nSPS) is 12.3. The lowest BCUT2D eigenvalue weighted by Crippen LogP contribution is -2.44. The number of carbonyl (C=O) groups excluding carboxylic acids is 2. The lowest BCUT2D eigenvalue weighted by atomic mass is 10.2. The second kappa shape index (κ2) is 10.5. The van der Waals surface area contributed by atoms with E-state index in [-0.39, 0.29) is 47.9 Å². The summed E-state index contributed by atoms with van der Waals surface area (Å²) in [6.07, 6.45) is 0. The van der Waals surface area contributed by atoms with Gasteiger partial charge in [0.15, 0.2) is 5.69 Å². The number of nitrogens with zero attached hydrogens (tertiary/aromatic N) is 3. The highest BCUT2D eigenvalue weighted by Crippen LogP contribution is 2.19. The van der Waals surface area contributed by atoms with Gasteiger partial charge < -0.3 is 16.2 Å². The number of nitrogens with two attached hydrogens (primary N) is 1. The number of nitrogens with one attached hydrogen (secondary N) is 1. The number of carbonyl (C=O) groups is 2. The third-order valence-electron chi connectivity index (χ3n) is 5.23. The minimum Gasteiger partial charge on any atom is -0.395 e. The number of halogens is 2. The second-order valence-corrected chi connectivity index (χ2v) is 7.85. The third-order valence-corrected chi connectivity index (χ3v) is 5.52. The van der Waals surface area contributed by atoms with Crippen molar-refractivity contribution in [3.05, 3.63) is 64.6 Å². The van der Waals surface area contributed by atoms with Crippen molar-refractivity contribution in [1.82, 2.24) is 20.0 Å². The summed E-state index contributed by atoms with van der Waals surface area (Å²) in [4.78, 5) is 26.0. The van der Waals surface area contributed by atoms with E-state index in [4.69, 9.17) is 17.3 Å². The monoisotopic (exact) mass is 461 g/mol. The van der Waals surface area contributed by atoms with Crippen LogP contribution in [0.4, 0.5) is 4.39 Å². The number of hydrogen-bond donors (Lipinski definition) is 3. The Bertz CT molecular complexity index is 1120. The van der Waals surface area contributed by atoms with Gasteiger partial charge in [-0.1, -0.05) is 41.9 Å². The van der Waals surface area contributed by atoms with E-state index in [0.29, 0.717) is 18.5 Å². The Hall–Kier alpha value is -3.01. The molecule has 2 aromatic carbocycles. The number of rotatable bonds is 10. The molecule has 32 heavy (non-hydrogen) atoms. The molecule has 1 atom stereocenters. The first kappa shape index (κ1) is 23.6. The molecule has 3 rings (SSSR count). The standard InChI is InChI=1S/C22H25ClFN5O3/c1-14(13-30)28(12-19(31)26-11-15-5-4-7-17(23)20(15)24)9-10-29-18-8-3-2-6-16(18)21(27-29)22(25)32/h2-8,14,30H,9-13H2,1H3,(H2,25,32)(H,26,31)/t14-/m1/s1. The van der Waals surface area contributed by atoms with E-state index in [9.17, 15) is 19.1 Å². The van der Waals surface area contributed by atoms with Gasteiger partial charge in [-0.05, 0) is 19.1 Å². The Morgan fingerprint density at radius 2 is 2.03 bits per heavy atom. The quantitative estimate of drug-likeness (QED) is 0.427. The van der Waals surface area contributed by atoms with E-state index in [2.05, 4.69) is 10.4 Å². The van der Waals surface area contributed by atoms with E-state index < -0.39 is 11.7 Å². The fourth-order valence-electron chi connectivity index (χ4n) is 3.39. The van der Waals surface area contributed by atoms with Crippen LogP contribution in [-0.4, -0.2) is 57.3 Å². The number of benzene rings is 2. The Balaban J connectivity index is 1.67. The molecule has 0 bridgehead atoms. The van der Waals surface area contributed by atoms with Gasteiger partial charge in [-0.15, -0.1) is 0 Å². The highest BCUT2D eigenvalue weighted by atomic mass is 35.5. The molecule has 8 nitrogen and oxygen atoms in total. The third kappa shape index (κ3) is 5.42. The van der Waals surface area contributed by atoms with Crippen LogP contribution in [0.15, 0.2) is 42.5 Å². The van der Waals surface area contributed by atoms with E-state index in [0.717, 1.165) is 5.52 Å². The number of aliphatic hydroxyl groups is 1. The molecular weight excluding hydrogens is 437 g/mol. The predicted molar refractivity (Wildman–Crippen MR) is 120 cm³/mol. The van der Waals surface area contributed by atoms with Crippen molar-refractivity contribution in [3.8, 4) is 0 Å². The van der Waals surface area contributed by atoms with Gasteiger partial charge in [0.2, 0.25) is 5.91 Å². The van der Waals surface area contributed by atoms with Gasteiger partial charge in [-0.25, -0.2) is 4.39 Å². The van der Waals surface area contributed by atoms with E-state index in [1.165, 1.54) is 6.07 Å². The zero-order valence-corrected chi connectivity index (χ0v) is 18.3. The number of aliphatic hydroxyl groups excluding tert-OH is 1. The van der Waals surface area contributed by atoms with Crippen molar-refractivity contribution < 1.29 is 19.1 Å². The van der Waals surface area contributed by atoms with Gasteiger partial charge in [0.1, 0.15) is 5.82 Å².